The standard InChI is InChI=1S/C21H26N2O2/c1-4-16-7-6-8-17(5-2)21(16)23-20(25)13-14-22-19-11-9-18(10-12-19)15(3)24/h6-12,22H,4-5,13-14H2,1-3H3,(H,23,25). The number of amides is 1. The van der Waals surface area contributed by atoms with Crippen LogP contribution in [0.3, 0.4) is 0 Å². The first-order chi connectivity index (χ1) is 12.0. The predicted molar refractivity (Wildman–Crippen MR) is 103 cm³/mol. The van der Waals surface area contributed by atoms with Crippen LogP contribution in [0.25, 0.3) is 0 Å². The number of carbonyl (C=O) groups excluding carboxylic acids is 2. The number of Topliss-reactive ketones (excluding diaryl/α,β-unsaturated/α-hetero) is 1. The summed E-state index contributed by atoms with van der Waals surface area (Å²) < 4.78 is 0. The fraction of sp³-hybridized carbons (Fsp3) is 0.333. The van der Waals surface area contributed by atoms with Gasteiger partial charge in [0.1, 0.15) is 0 Å². The van der Waals surface area contributed by atoms with E-state index in [0.717, 1.165) is 24.2 Å². The molecule has 0 spiro atoms. The summed E-state index contributed by atoms with van der Waals surface area (Å²) in [5.74, 6) is 0.0516. The van der Waals surface area contributed by atoms with Crippen LogP contribution in [0.15, 0.2) is 42.5 Å². The third-order valence-corrected chi connectivity index (χ3v) is 4.24. The quantitative estimate of drug-likeness (QED) is 0.699. The first-order valence-corrected chi connectivity index (χ1v) is 8.80. The molecule has 0 fully saturated rings. The second kappa shape index (κ2) is 9.02. The minimum atomic E-state index is 0.00320. The normalized spacial score (nSPS) is 10.4. The van der Waals surface area contributed by atoms with Crippen molar-refractivity contribution in [2.24, 2.45) is 0 Å². The molecule has 2 aromatic carbocycles. The van der Waals surface area contributed by atoms with E-state index in [1.165, 1.54) is 11.1 Å². The molecule has 0 aliphatic carbocycles. The van der Waals surface area contributed by atoms with Crippen molar-refractivity contribution in [3.63, 3.8) is 0 Å². The monoisotopic (exact) mass is 338 g/mol. The van der Waals surface area contributed by atoms with Crippen LogP contribution in [-0.4, -0.2) is 18.2 Å². The molecule has 0 aliphatic heterocycles. The fourth-order valence-corrected chi connectivity index (χ4v) is 2.75. The zero-order valence-electron chi connectivity index (χ0n) is 15.2. The highest BCUT2D eigenvalue weighted by Crippen LogP contribution is 2.22. The average molecular weight is 338 g/mol. The van der Waals surface area contributed by atoms with Gasteiger partial charge in [0, 0.05) is 29.9 Å². The van der Waals surface area contributed by atoms with Crippen molar-refractivity contribution in [1.29, 1.82) is 0 Å². The highest BCUT2D eigenvalue weighted by molar-refractivity contribution is 5.94. The van der Waals surface area contributed by atoms with Crippen molar-refractivity contribution in [3.05, 3.63) is 59.2 Å². The third-order valence-electron chi connectivity index (χ3n) is 4.24. The van der Waals surface area contributed by atoms with Crippen LogP contribution in [0.1, 0.15) is 48.7 Å². The molecule has 0 bridgehead atoms. The van der Waals surface area contributed by atoms with E-state index in [1.807, 2.05) is 18.2 Å². The number of carbonyl (C=O) groups is 2. The Bertz CT molecular complexity index is 714. The average Bonchev–Trinajstić information content (AvgIpc) is 2.62. The van der Waals surface area contributed by atoms with E-state index >= 15 is 0 Å². The van der Waals surface area contributed by atoms with Crippen LogP contribution in [0.2, 0.25) is 0 Å². The number of benzene rings is 2. The van der Waals surface area contributed by atoms with Crippen LogP contribution in [0, 0.1) is 0 Å². The van der Waals surface area contributed by atoms with Crippen LogP contribution in [-0.2, 0) is 17.6 Å². The summed E-state index contributed by atoms with van der Waals surface area (Å²) in [4.78, 5) is 23.6. The van der Waals surface area contributed by atoms with Gasteiger partial charge < -0.3 is 10.6 Å². The molecule has 0 atom stereocenters. The number of hydrogen-bond acceptors (Lipinski definition) is 3. The number of aryl methyl sites for hydroxylation is 2. The molecule has 4 nitrogen and oxygen atoms in total. The van der Waals surface area contributed by atoms with Crippen LogP contribution < -0.4 is 10.6 Å². The molecule has 0 heterocycles. The molecule has 2 rings (SSSR count). The Balaban J connectivity index is 1.90. The highest BCUT2D eigenvalue weighted by Gasteiger charge is 2.10. The Hall–Kier alpha value is -2.62. The molecule has 0 aliphatic rings. The summed E-state index contributed by atoms with van der Waals surface area (Å²) in [6.45, 7) is 6.28. The molecule has 25 heavy (non-hydrogen) atoms. The Morgan fingerprint density at radius 3 is 2.04 bits per heavy atom. The summed E-state index contributed by atoms with van der Waals surface area (Å²) >= 11 is 0. The molecule has 0 saturated heterocycles. The Labute approximate surface area is 149 Å². The number of rotatable bonds is 8. The van der Waals surface area contributed by atoms with Crippen LogP contribution >= 0.6 is 0 Å². The molecular weight excluding hydrogens is 312 g/mol. The molecule has 132 valence electrons. The van der Waals surface area contributed by atoms with Gasteiger partial charge in [-0.2, -0.15) is 0 Å². The Morgan fingerprint density at radius 1 is 0.920 bits per heavy atom. The first-order valence-electron chi connectivity index (χ1n) is 8.80. The van der Waals surface area contributed by atoms with Crippen molar-refractivity contribution >= 4 is 23.1 Å². The summed E-state index contributed by atoms with van der Waals surface area (Å²) in [5, 5.41) is 6.28. The van der Waals surface area contributed by atoms with Crippen molar-refractivity contribution in [2.45, 2.75) is 40.0 Å². The number of ketones is 1. The third kappa shape index (κ3) is 5.18. The van der Waals surface area contributed by atoms with E-state index in [9.17, 15) is 9.59 Å². The molecule has 2 N–H and O–H groups in total. The largest absolute Gasteiger partial charge is 0.385 e. The first kappa shape index (κ1) is 18.7. The van der Waals surface area contributed by atoms with Gasteiger partial charge >= 0.3 is 0 Å². The van der Waals surface area contributed by atoms with Gasteiger partial charge in [0.05, 0.1) is 0 Å². The van der Waals surface area contributed by atoms with Gasteiger partial charge in [-0.3, -0.25) is 9.59 Å². The van der Waals surface area contributed by atoms with Crippen LogP contribution in [0.5, 0.6) is 0 Å². The number of hydrogen-bond donors (Lipinski definition) is 2. The molecule has 0 aromatic heterocycles. The highest BCUT2D eigenvalue weighted by atomic mass is 16.1. The van der Waals surface area contributed by atoms with Gasteiger partial charge in [-0.25, -0.2) is 0 Å². The number of para-hydroxylation sites is 1. The smallest absolute Gasteiger partial charge is 0.226 e. The molecule has 0 saturated carbocycles. The van der Waals surface area contributed by atoms with Gasteiger partial charge in [-0.1, -0.05) is 32.0 Å². The molecule has 1 amide bonds. The topological polar surface area (TPSA) is 58.2 Å². The lowest BCUT2D eigenvalue weighted by atomic mass is 10.0. The minimum absolute atomic E-state index is 0.00320. The summed E-state index contributed by atoms with van der Waals surface area (Å²) in [5.41, 5.74) is 4.89. The summed E-state index contributed by atoms with van der Waals surface area (Å²) in [7, 11) is 0. The van der Waals surface area contributed by atoms with E-state index in [-0.39, 0.29) is 11.7 Å². The zero-order chi connectivity index (χ0) is 18.2. The molecule has 2 aromatic rings. The van der Waals surface area contributed by atoms with Gasteiger partial charge in [0.25, 0.3) is 0 Å². The van der Waals surface area contributed by atoms with E-state index in [1.54, 1.807) is 19.1 Å². The van der Waals surface area contributed by atoms with E-state index in [0.29, 0.717) is 18.5 Å². The second-order valence-electron chi connectivity index (χ2n) is 6.02. The maximum atomic E-state index is 12.3. The van der Waals surface area contributed by atoms with Crippen molar-refractivity contribution in [3.8, 4) is 0 Å². The van der Waals surface area contributed by atoms with Gasteiger partial charge in [0.15, 0.2) is 5.78 Å². The van der Waals surface area contributed by atoms with Crippen LogP contribution in [0.4, 0.5) is 11.4 Å². The van der Waals surface area contributed by atoms with E-state index in [4.69, 9.17) is 0 Å². The molecule has 0 radical (unpaired) electrons. The fourth-order valence-electron chi connectivity index (χ4n) is 2.75. The van der Waals surface area contributed by atoms with Crippen molar-refractivity contribution in [2.75, 3.05) is 17.2 Å². The summed E-state index contributed by atoms with van der Waals surface area (Å²) in [6.07, 6.45) is 2.17. The van der Waals surface area contributed by atoms with E-state index in [2.05, 4.69) is 36.6 Å². The number of nitrogens with one attached hydrogen (secondary N) is 2. The maximum Gasteiger partial charge on any atom is 0.226 e. The van der Waals surface area contributed by atoms with Gasteiger partial charge in [-0.15, -0.1) is 0 Å². The molecular formula is C21H26N2O2. The van der Waals surface area contributed by atoms with Gasteiger partial charge in [-0.05, 0) is 55.2 Å². The Kier molecular flexibility index (Phi) is 6.75. The summed E-state index contributed by atoms with van der Waals surface area (Å²) in [6, 6.07) is 13.4. The Morgan fingerprint density at radius 2 is 1.52 bits per heavy atom. The lowest BCUT2D eigenvalue weighted by Gasteiger charge is -2.14. The zero-order valence-corrected chi connectivity index (χ0v) is 15.2. The lowest BCUT2D eigenvalue weighted by molar-refractivity contribution is -0.116. The minimum Gasteiger partial charge on any atom is -0.385 e. The molecule has 4 heteroatoms. The maximum absolute atomic E-state index is 12.3. The van der Waals surface area contributed by atoms with E-state index < -0.39 is 0 Å². The SMILES string of the molecule is CCc1cccc(CC)c1NC(=O)CCNc1ccc(C(C)=O)cc1. The second-order valence-corrected chi connectivity index (χ2v) is 6.02. The predicted octanol–water partition coefficient (Wildman–Crippen LogP) is 4.45. The molecule has 0 unspecified atom stereocenters. The van der Waals surface area contributed by atoms with Gasteiger partial charge in [0.2, 0.25) is 5.91 Å². The van der Waals surface area contributed by atoms with Crippen molar-refractivity contribution < 1.29 is 9.59 Å². The lowest BCUT2D eigenvalue weighted by Crippen LogP contribution is -2.18. The van der Waals surface area contributed by atoms with Crippen molar-refractivity contribution in [1.82, 2.24) is 0 Å². The number of anilines is 2.